The lowest BCUT2D eigenvalue weighted by Crippen LogP contribution is -2.64. The molecule has 13 heavy (non-hydrogen) atoms. The van der Waals surface area contributed by atoms with Gasteiger partial charge in [-0.2, -0.15) is 0 Å². The first-order chi connectivity index (χ1) is 5.89. The molecule has 74 valence electrons. The summed E-state index contributed by atoms with van der Waals surface area (Å²) in [6.07, 6.45) is 2.17. The topological polar surface area (TPSA) is 57.5 Å². The third-order valence-corrected chi connectivity index (χ3v) is 4.29. The lowest BCUT2D eigenvalue weighted by Gasteiger charge is -2.61. The predicted octanol–water partition coefficient (Wildman–Crippen LogP) is 1.26. The van der Waals surface area contributed by atoms with E-state index in [9.17, 15) is 9.90 Å². The Balaban J connectivity index is 2.29. The van der Waals surface area contributed by atoms with Gasteiger partial charge in [0, 0.05) is 5.92 Å². The highest BCUT2D eigenvalue weighted by Crippen LogP contribution is 2.62. The van der Waals surface area contributed by atoms with Crippen molar-refractivity contribution >= 4 is 5.97 Å². The molecular weight excluding hydrogens is 168 g/mol. The molecule has 3 atom stereocenters. The Labute approximate surface area is 77.8 Å². The summed E-state index contributed by atoms with van der Waals surface area (Å²) < 4.78 is 0. The fourth-order valence-electron chi connectivity index (χ4n) is 3.14. The summed E-state index contributed by atoms with van der Waals surface area (Å²) in [5.41, 5.74) is -1.43. The molecule has 0 aromatic heterocycles. The molecule has 3 heteroatoms. The van der Waals surface area contributed by atoms with E-state index in [2.05, 4.69) is 13.8 Å². The highest BCUT2D eigenvalue weighted by Gasteiger charge is 2.63. The number of aliphatic carboxylic acids is 1. The van der Waals surface area contributed by atoms with Crippen LogP contribution < -0.4 is 0 Å². The molecule has 0 aliphatic heterocycles. The lowest BCUT2D eigenvalue weighted by atomic mass is 9.44. The average molecular weight is 184 g/mol. The SMILES string of the molecule is CC1(C)[C@H]2CCC(O)(C(=O)O)[C@@H]1C2. The molecule has 0 amide bonds. The van der Waals surface area contributed by atoms with Crippen molar-refractivity contribution in [1.82, 2.24) is 0 Å². The number of hydrogen-bond acceptors (Lipinski definition) is 2. The molecule has 0 aromatic carbocycles. The number of rotatable bonds is 1. The predicted molar refractivity (Wildman–Crippen MR) is 47.2 cm³/mol. The molecule has 2 bridgehead atoms. The van der Waals surface area contributed by atoms with Crippen LogP contribution in [0.2, 0.25) is 0 Å². The third kappa shape index (κ3) is 0.909. The molecule has 3 fully saturated rings. The summed E-state index contributed by atoms with van der Waals surface area (Å²) in [5.74, 6) is -0.461. The fourth-order valence-corrected chi connectivity index (χ4v) is 3.14. The molecule has 3 aliphatic carbocycles. The molecule has 3 nitrogen and oxygen atoms in total. The minimum absolute atomic E-state index is 0.0192. The largest absolute Gasteiger partial charge is 0.479 e. The second-order valence-corrected chi connectivity index (χ2v) is 5.07. The van der Waals surface area contributed by atoms with Crippen LogP contribution in [0, 0.1) is 17.3 Å². The first-order valence-electron chi connectivity index (χ1n) is 4.85. The van der Waals surface area contributed by atoms with Crippen molar-refractivity contribution in [3.05, 3.63) is 0 Å². The van der Waals surface area contributed by atoms with Gasteiger partial charge in [0.25, 0.3) is 0 Å². The molecule has 3 rings (SSSR count). The van der Waals surface area contributed by atoms with Gasteiger partial charge in [0.15, 0.2) is 5.60 Å². The standard InChI is InChI=1S/C10H16O3/c1-9(2)6-3-4-10(13,8(11)12)7(9)5-6/h6-7,13H,3-5H2,1-2H3,(H,11,12)/t6-,7+,10?/m0/s1. The van der Waals surface area contributed by atoms with Crippen molar-refractivity contribution in [2.45, 2.75) is 38.7 Å². The maximum atomic E-state index is 10.9. The van der Waals surface area contributed by atoms with Crippen molar-refractivity contribution in [2.24, 2.45) is 17.3 Å². The molecule has 3 aliphatic rings. The number of carboxylic acid groups (broad SMARTS) is 1. The second kappa shape index (κ2) is 2.27. The summed E-state index contributed by atoms with van der Waals surface area (Å²) in [5, 5.41) is 19.0. The van der Waals surface area contributed by atoms with Gasteiger partial charge in [0.1, 0.15) is 0 Å². The van der Waals surface area contributed by atoms with Gasteiger partial charge in [0.2, 0.25) is 0 Å². The number of carboxylic acids is 1. The van der Waals surface area contributed by atoms with Gasteiger partial charge in [-0.1, -0.05) is 13.8 Å². The third-order valence-electron chi connectivity index (χ3n) is 4.29. The minimum Gasteiger partial charge on any atom is -0.479 e. The zero-order valence-corrected chi connectivity index (χ0v) is 8.08. The van der Waals surface area contributed by atoms with Gasteiger partial charge in [-0.25, -0.2) is 4.79 Å². The summed E-state index contributed by atoms with van der Waals surface area (Å²) in [4.78, 5) is 10.9. The number of fused-ring (bicyclic) bond motifs is 2. The van der Waals surface area contributed by atoms with Gasteiger partial charge in [0.05, 0.1) is 0 Å². The first kappa shape index (κ1) is 9.00. The maximum Gasteiger partial charge on any atom is 0.335 e. The van der Waals surface area contributed by atoms with Gasteiger partial charge in [-0.05, 0) is 30.6 Å². The van der Waals surface area contributed by atoms with E-state index in [1.165, 1.54) is 0 Å². The van der Waals surface area contributed by atoms with E-state index in [0.29, 0.717) is 12.3 Å². The molecular formula is C10H16O3. The highest BCUT2D eigenvalue weighted by atomic mass is 16.4. The van der Waals surface area contributed by atoms with Gasteiger partial charge in [-0.15, -0.1) is 0 Å². The van der Waals surface area contributed by atoms with Crippen LogP contribution >= 0.6 is 0 Å². The summed E-state index contributed by atoms with van der Waals surface area (Å²) in [6.45, 7) is 4.14. The van der Waals surface area contributed by atoms with E-state index in [4.69, 9.17) is 5.11 Å². The van der Waals surface area contributed by atoms with Crippen LogP contribution in [0.3, 0.4) is 0 Å². The normalized spacial score (nSPS) is 46.7. The number of aliphatic hydroxyl groups is 1. The van der Waals surface area contributed by atoms with Crippen molar-refractivity contribution in [3.8, 4) is 0 Å². The van der Waals surface area contributed by atoms with E-state index < -0.39 is 11.6 Å². The zero-order valence-electron chi connectivity index (χ0n) is 8.08. The first-order valence-corrected chi connectivity index (χ1v) is 4.85. The Kier molecular flexibility index (Phi) is 1.57. The van der Waals surface area contributed by atoms with Crippen LogP contribution in [-0.2, 0) is 4.79 Å². The van der Waals surface area contributed by atoms with Crippen LogP contribution in [-0.4, -0.2) is 21.8 Å². The Morgan fingerprint density at radius 2 is 2.08 bits per heavy atom. The van der Waals surface area contributed by atoms with Crippen LogP contribution in [0.4, 0.5) is 0 Å². The summed E-state index contributed by atoms with van der Waals surface area (Å²) >= 11 is 0. The Hall–Kier alpha value is -0.570. The lowest BCUT2D eigenvalue weighted by molar-refractivity contribution is -0.217. The zero-order chi connectivity index (χ0) is 9.85. The summed E-state index contributed by atoms with van der Waals surface area (Å²) in [7, 11) is 0. The molecule has 0 saturated heterocycles. The maximum absolute atomic E-state index is 10.9. The van der Waals surface area contributed by atoms with Gasteiger partial charge in [-0.3, -0.25) is 0 Å². The fraction of sp³-hybridized carbons (Fsp3) is 0.900. The van der Waals surface area contributed by atoms with E-state index in [-0.39, 0.29) is 11.3 Å². The van der Waals surface area contributed by atoms with Crippen molar-refractivity contribution in [3.63, 3.8) is 0 Å². The van der Waals surface area contributed by atoms with Crippen LogP contribution in [0.5, 0.6) is 0 Å². The van der Waals surface area contributed by atoms with Crippen molar-refractivity contribution < 1.29 is 15.0 Å². The highest BCUT2D eigenvalue weighted by molar-refractivity contribution is 5.78. The molecule has 0 radical (unpaired) electrons. The Bertz CT molecular complexity index is 257. The Morgan fingerprint density at radius 3 is 2.38 bits per heavy atom. The summed E-state index contributed by atoms with van der Waals surface area (Å²) in [6, 6.07) is 0. The molecule has 0 heterocycles. The molecule has 3 saturated carbocycles. The smallest absolute Gasteiger partial charge is 0.335 e. The van der Waals surface area contributed by atoms with Crippen molar-refractivity contribution in [1.29, 1.82) is 0 Å². The molecule has 0 aromatic rings. The van der Waals surface area contributed by atoms with E-state index in [1.807, 2.05) is 0 Å². The van der Waals surface area contributed by atoms with Crippen molar-refractivity contribution in [2.75, 3.05) is 0 Å². The molecule has 1 unspecified atom stereocenters. The monoisotopic (exact) mass is 184 g/mol. The quantitative estimate of drug-likeness (QED) is 0.645. The van der Waals surface area contributed by atoms with Crippen LogP contribution in [0.25, 0.3) is 0 Å². The van der Waals surface area contributed by atoms with E-state index in [1.54, 1.807) is 0 Å². The van der Waals surface area contributed by atoms with Crippen LogP contribution in [0.1, 0.15) is 33.1 Å². The van der Waals surface area contributed by atoms with E-state index in [0.717, 1.165) is 12.8 Å². The second-order valence-electron chi connectivity index (χ2n) is 5.07. The van der Waals surface area contributed by atoms with E-state index >= 15 is 0 Å². The van der Waals surface area contributed by atoms with Gasteiger partial charge >= 0.3 is 5.97 Å². The number of carbonyl (C=O) groups is 1. The Morgan fingerprint density at radius 1 is 1.46 bits per heavy atom. The average Bonchev–Trinajstić information content (AvgIpc) is 2.03. The van der Waals surface area contributed by atoms with Crippen LogP contribution in [0.15, 0.2) is 0 Å². The van der Waals surface area contributed by atoms with Gasteiger partial charge < -0.3 is 10.2 Å². The minimum atomic E-state index is -1.45. The number of hydrogen-bond donors (Lipinski definition) is 2. The molecule has 2 N–H and O–H groups in total. The molecule has 0 spiro atoms.